The number of nitrogens with one attached hydrogen (secondary N) is 1. The lowest BCUT2D eigenvalue weighted by Crippen LogP contribution is -2.16. The number of aryl methyl sites for hydroxylation is 1. The van der Waals surface area contributed by atoms with E-state index in [4.69, 9.17) is 6.57 Å². The van der Waals surface area contributed by atoms with Gasteiger partial charge in [-0.25, -0.2) is 19.5 Å². The summed E-state index contributed by atoms with van der Waals surface area (Å²) in [6.07, 6.45) is 3.60. The number of rotatable bonds is 4. The molecule has 0 aliphatic heterocycles. The summed E-state index contributed by atoms with van der Waals surface area (Å²) < 4.78 is 1.44. The van der Waals surface area contributed by atoms with E-state index in [2.05, 4.69) is 32.0 Å². The summed E-state index contributed by atoms with van der Waals surface area (Å²) in [6, 6.07) is 20.9. The maximum Gasteiger partial charge on any atom is 0.280 e. The SMILES string of the molecule is [C-]#[N+]c1ccc(-c2c(C)[nH]n(-c3ccc(-c4ncc(-c5ccccc5)s4)cn3)c2=O)cc1. The second-order valence-electron chi connectivity index (χ2n) is 7.21. The highest BCUT2D eigenvalue weighted by Crippen LogP contribution is 2.31. The summed E-state index contributed by atoms with van der Waals surface area (Å²) in [7, 11) is 0. The van der Waals surface area contributed by atoms with Crippen molar-refractivity contribution >= 4 is 17.0 Å². The summed E-state index contributed by atoms with van der Waals surface area (Å²) in [5, 5.41) is 3.98. The van der Waals surface area contributed by atoms with Gasteiger partial charge in [-0.3, -0.25) is 9.89 Å². The molecular formula is C25H17N5OS. The zero-order valence-corrected chi connectivity index (χ0v) is 17.9. The minimum absolute atomic E-state index is 0.182. The van der Waals surface area contributed by atoms with Crippen LogP contribution in [0.4, 0.5) is 5.69 Å². The fourth-order valence-electron chi connectivity index (χ4n) is 3.54. The van der Waals surface area contributed by atoms with Gasteiger partial charge in [-0.2, -0.15) is 0 Å². The molecular weight excluding hydrogens is 418 g/mol. The number of hydrogen-bond acceptors (Lipinski definition) is 4. The molecule has 0 amide bonds. The van der Waals surface area contributed by atoms with Gasteiger partial charge in [-0.15, -0.1) is 11.3 Å². The highest BCUT2D eigenvalue weighted by molar-refractivity contribution is 7.18. The largest absolute Gasteiger partial charge is 0.293 e. The second kappa shape index (κ2) is 8.10. The van der Waals surface area contributed by atoms with E-state index in [0.29, 0.717) is 17.1 Å². The normalized spacial score (nSPS) is 10.8. The molecule has 0 aliphatic rings. The Morgan fingerprint density at radius 1 is 0.906 bits per heavy atom. The van der Waals surface area contributed by atoms with E-state index in [1.165, 1.54) is 4.68 Å². The average Bonchev–Trinajstić information content (AvgIpc) is 3.45. The van der Waals surface area contributed by atoms with E-state index in [1.54, 1.807) is 41.8 Å². The van der Waals surface area contributed by atoms with Crippen molar-refractivity contribution < 1.29 is 0 Å². The second-order valence-corrected chi connectivity index (χ2v) is 8.24. The van der Waals surface area contributed by atoms with Crippen LogP contribution in [0.2, 0.25) is 0 Å². The van der Waals surface area contributed by atoms with Crippen molar-refractivity contribution in [2.75, 3.05) is 0 Å². The molecule has 0 aliphatic carbocycles. The summed E-state index contributed by atoms with van der Waals surface area (Å²) in [5.41, 5.74) is 4.46. The lowest BCUT2D eigenvalue weighted by molar-refractivity contribution is 0.807. The van der Waals surface area contributed by atoms with Crippen LogP contribution in [0.15, 0.2) is 83.9 Å². The fourth-order valence-corrected chi connectivity index (χ4v) is 4.45. The Morgan fingerprint density at radius 2 is 1.66 bits per heavy atom. The van der Waals surface area contributed by atoms with Gasteiger partial charge >= 0.3 is 0 Å². The van der Waals surface area contributed by atoms with Crippen LogP contribution in [-0.2, 0) is 0 Å². The molecule has 154 valence electrons. The highest BCUT2D eigenvalue weighted by atomic mass is 32.1. The number of thiazole rings is 1. The molecule has 0 fully saturated rings. The van der Waals surface area contributed by atoms with Crippen LogP contribution in [0.1, 0.15) is 5.69 Å². The molecule has 7 heteroatoms. The van der Waals surface area contributed by atoms with Crippen LogP contribution in [0.3, 0.4) is 0 Å². The third kappa shape index (κ3) is 3.53. The number of hydrogen-bond donors (Lipinski definition) is 1. The molecule has 0 spiro atoms. The topological polar surface area (TPSA) is 67.9 Å². The predicted molar refractivity (Wildman–Crippen MR) is 127 cm³/mol. The Balaban J connectivity index is 1.45. The lowest BCUT2D eigenvalue weighted by Gasteiger charge is -2.02. The average molecular weight is 436 g/mol. The Bertz CT molecular complexity index is 1490. The minimum atomic E-state index is -0.182. The molecule has 0 saturated heterocycles. The highest BCUT2D eigenvalue weighted by Gasteiger charge is 2.15. The first-order valence-electron chi connectivity index (χ1n) is 9.91. The van der Waals surface area contributed by atoms with Gasteiger partial charge in [0.05, 0.1) is 17.0 Å². The van der Waals surface area contributed by atoms with Gasteiger partial charge in [0.2, 0.25) is 0 Å². The predicted octanol–water partition coefficient (Wildman–Crippen LogP) is 5.88. The van der Waals surface area contributed by atoms with Crippen molar-refractivity contribution in [1.82, 2.24) is 19.7 Å². The van der Waals surface area contributed by atoms with Crippen LogP contribution in [0, 0.1) is 13.5 Å². The van der Waals surface area contributed by atoms with Crippen LogP contribution >= 0.6 is 11.3 Å². The molecule has 2 aromatic carbocycles. The van der Waals surface area contributed by atoms with Crippen LogP contribution < -0.4 is 5.56 Å². The van der Waals surface area contributed by atoms with Crippen LogP contribution in [0.25, 0.3) is 42.8 Å². The first-order chi connectivity index (χ1) is 15.6. The van der Waals surface area contributed by atoms with Crippen molar-refractivity contribution in [2.24, 2.45) is 0 Å². The number of nitrogens with zero attached hydrogens (tertiary/aromatic N) is 4. The third-order valence-electron chi connectivity index (χ3n) is 5.14. The van der Waals surface area contributed by atoms with Crippen molar-refractivity contribution in [3.05, 3.63) is 107 Å². The maximum atomic E-state index is 13.1. The van der Waals surface area contributed by atoms with Crippen molar-refractivity contribution in [3.8, 4) is 38.0 Å². The molecule has 6 nitrogen and oxygen atoms in total. The summed E-state index contributed by atoms with van der Waals surface area (Å²) in [6.45, 7) is 8.94. The van der Waals surface area contributed by atoms with Crippen LogP contribution in [-0.4, -0.2) is 19.7 Å². The number of aromatic nitrogens is 4. The molecule has 5 aromatic rings. The van der Waals surface area contributed by atoms with Gasteiger partial charge < -0.3 is 0 Å². The zero-order chi connectivity index (χ0) is 22.1. The van der Waals surface area contributed by atoms with Gasteiger partial charge in [-0.1, -0.05) is 54.6 Å². The van der Waals surface area contributed by atoms with Crippen LogP contribution in [0.5, 0.6) is 0 Å². The molecule has 3 aromatic heterocycles. The van der Waals surface area contributed by atoms with Gasteiger partial charge in [-0.05, 0) is 30.2 Å². The number of benzene rings is 2. The molecule has 3 heterocycles. The Labute approximate surface area is 188 Å². The lowest BCUT2D eigenvalue weighted by atomic mass is 10.1. The summed E-state index contributed by atoms with van der Waals surface area (Å²) in [4.78, 5) is 26.6. The molecule has 1 N–H and O–H groups in total. The minimum Gasteiger partial charge on any atom is -0.293 e. The fraction of sp³-hybridized carbons (Fsp3) is 0.0400. The Morgan fingerprint density at radius 3 is 2.34 bits per heavy atom. The molecule has 0 saturated carbocycles. The van der Waals surface area contributed by atoms with Gasteiger partial charge in [0.25, 0.3) is 5.56 Å². The summed E-state index contributed by atoms with van der Waals surface area (Å²) in [5.74, 6) is 0.505. The molecule has 0 atom stereocenters. The van der Waals surface area contributed by atoms with Crippen molar-refractivity contribution in [3.63, 3.8) is 0 Å². The van der Waals surface area contributed by atoms with E-state index in [0.717, 1.165) is 32.3 Å². The zero-order valence-electron chi connectivity index (χ0n) is 17.1. The maximum absolute atomic E-state index is 13.1. The summed E-state index contributed by atoms with van der Waals surface area (Å²) >= 11 is 1.60. The third-order valence-corrected chi connectivity index (χ3v) is 6.24. The van der Waals surface area contributed by atoms with Gasteiger partial charge in [0.15, 0.2) is 11.5 Å². The first-order valence-corrected chi connectivity index (χ1v) is 10.7. The van der Waals surface area contributed by atoms with E-state index in [1.807, 2.05) is 43.5 Å². The van der Waals surface area contributed by atoms with E-state index < -0.39 is 0 Å². The quantitative estimate of drug-likeness (QED) is 0.359. The Kier molecular flexibility index (Phi) is 4.98. The number of H-pyrrole nitrogens is 1. The molecule has 5 rings (SSSR count). The molecule has 32 heavy (non-hydrogen) atoms. The van der Waals surface area contributed by atoms with Gasteiger partial charge in [0, 0.05) is 23.7 Å². The van der Waals surface area contributed by atoms with E-state index in [9.17, 15) is 4.79 Å². The number of aromatic amines is 1. The van der Waals surface area contributed by atoms with E-state index >= 15 is 0 Å². The molecule has 0 unspecified atom stereocenters. The van der Waals surface area contributed by atoms with Gasteiger partial charge in [0.1, 0.15) is 5.01 Å². The monoisotopic (exact) mass is 435 g/mol. The van der Waals surface area contributed by atoms with Crippen molar-refractivity contribution in [1.29, 1.82) is 0 Å². The Hall–Kier alpha value is -4.28. The standard InChI is InChI=1S/C25H17N5OS/c1-16-23(18-8-11-20(26-2)12-9-18)25(31)30(29-16)22-13-10-19(14-27-22)24-28-15-21(32-24)17-6-4-3-5-7-17/h3-15,29H,1H3. The first kappa shape index (κ1) is 19.7. The van der Waals surface area contributed by atoms with E-state index in [-0.39, 0.29) is 5.56 Å². The smallest absolute Gasteiger partial charge is 0.280 e. The molecule has 0 bridgehead atoms. The number of pyridine rings is 1. The van der Waals surface area contributed by atoms with Crippen molar-refractivity contribution in [2.45, 2.75) is 6.92 Å². The molecule has 0 radical (unpaired) electrons.